The molecule has 0 aromatic heterocycles. The fraction of sp³-hybridized carbons (Fsp3) is 0.778. The molecule has 0 spiro atoms. The van der Waals surface area contributed by atoms with Gasteiger partial charge >= 0.3 is 5.97 Å². The minimum absolute atomic E-state index is 0.0515. The van der Waals surface area contributed by atoms with Gasteiger partial charge in [0.1, 0.15) is 6.04 Å². The molecule has 0 saturated carbocycles. The summed E-state index contributed by atoms with van der Waals surface area (Å²) in [5.74, 6) is 0.340. The van der Waals surface area contributed by atoms with E-state index in [4.69, 9.17) is 15.7 Å². The van der Waals surface area contributed by atoms with Gasteiger partial charge in [-0.25, -0.2) is 0 Å². The number of nitrogens with two attached hydrogens (primary N) is 1. The predicted octanol–water partition coefficient (Wildman–Crippen LogP) is 0.912. The van der Waals surface area contributed by atoms with Crippen molar-refractivity contribution in [1.82, 2.24) is 0 Å². The highest BCUT2D eigenvalue weighted by Gasteiger charge is 2.14. The van der Waals surface area contributed by atoms with E-state index in [1.165, 1.54) is 11.8 Å². The Balaban J connectivity index is 3.59. The Morgan fingerprint density at radius 3 is 2.86 bits per heavy atom. The van der Waals surface area contributed by atoms with Crippen LogP contribution in [0.3, 0.4) is 0 Å². The SMILES string of the molecule is CCOC(=O)C(N)CCSC(C)C#N. The summed E-state index contributed by atoms with van der Waals surface area (Å²) in [6.45, 7) is 3.92. The highest BCUT2D eigenvalue weighted by molar-refractivity contribution is 8.00. The molecule has 4 nitrogen and oxygen atoms in total. The number of nitrogens with zero attached hydrogens (tertiary/aromatic N) is 1. The third-order valence-corrected chi connectivity index (χ3v) is 2.64. The van der Waals surface area contributed by atoms with Crippen LogP contribution in [0.4, 0.5) is 0 Å². The molecule has 0 aliphatic carbocycles. The Labute approximate surface area is 88.8 Å². The van der Waals surface area contributed by atoms with Crippen molar-refractivity contribution < 1.29 is 9.53 Å². The van der Waals surface area contributed by atoms with Crippen LogP contribution in [0.15, 0.2) is 0 Å². The summed E-state index contributed by atoms with van der Waals surface area (Å²) in [5.41, 5.74) is 5.56. The molecule has 0 aromatic rings. The average molecular weight is 216 g/mol. The average Bonchev–Trinajstić information content (AvgIpc) is 2.17. The molecular weight excluding hydrogens is 200 g/mol. The van der Waals surface area contributed by atoms with Gasteiger partial charge in [0, 0.05) is 0 Å². The minimum Gasteiger partial charge on any atom is -0.465 e. The van der Waals surface area contributed by atoms with Crippen molar-refractivity contribution in [1.29, 1.82) is 5.26 Å². The van der Waals surface area contributed by atoms with Crippen molar-refractivity contribution in [2.45, 2.75) is 31.6 Å². The Bertz CT molecular complexity index is 215. The molecule has 0 aliphatic rings. The van der Waals surface area contributed by atoms with Gasteiger partial charge < -0.3 is 10.5 Å². The molecule has 80 valence electrons. The Kier molecular flexibility index (Phi) is 7.25. The van der Waals surface area contributed by atoms with Crippen LogP contribution >= 0.6 is 11.8 Å². The first-order chi connectivity index (χ1) is 6.61. The zero-order chi connectivity index (χ0) is 11.0. The van der Waals surface area contributed by atoms with Gasteiger partial charge in [-0.1, -0.05) is 0 Å². The Morgan fingerprint density at radius 1 is 1.71 bits per heavy atom. The smallest absolute Gasteiger partial charge is 0.322 e. The van der Waals surface area contributed by atoms with E-state index < -0.39 is 6.04 Å². The molecule has 2 atom stereocenters. The second kappa shape index (κ2) is 7.65. The van der Waals surface area contributed by atoms with Crippen molar-refractivity contribution in [3.05, 3.63) is 0 Å². The number of esters is 1. The third kappa shape index (κ3) is 5.84. The maximum Gasteiger partial charge on any atom is 0.322 e. The molecule has 2 N–H and O–H groups in total. The lowest BCUT2D eigenvalue weighted by atomic mass is 10.2. The third-order valence-electron chi connectivity index (χ3n) is 1.57. The van der Waals surface area contributed by atoms with E-state index in [2.05, 4.69) is 6.07 Å². The number of thioether (sulfide) groups is 1. The number of hydrogen-bond acceptors (Lipinski definition) is 5. The monoisotopic (exact) mass is 216 g/mol. The number of carbonyl (C=O) groups is 1. The molecule has 14 heavy (non-hydrogen) atoms. The fourth-order valence-corrected chi connectivity index (χ4v) is 1.59. The van der Waals surface area contributed by atoms with E-state index in [0.29, 0.717) is 18.8 Å². The van der Waals surface area contributed by atoms with E-state index in [1.54, 1.807) is 6.92 Å². The van der Waals surface area contributed by atoms with Gasteiger partial charge in [0.25, 0.3) is 0 Å². The quantitative estimate of drug-likeness (QED) is 0.668. The first-order valence-electron chi connectivity index (χ1n) is 4.55. The number of hydrogen-bond donors (Lipinski definition) is 1. The maximum absolute atomic E-state index is 11.1. The van der Waals surface area contributed by atoms with Gasteiger partial charge in [0.05, 0.1) is 17.9 Å². The number of carbonyl (C=O) groups excluding carboxylic acids is 1. The van der Waals surface area contributed by atoms with Crippen LogP contribution in [0.5, 0.6) is 0 Å². The molecule has 0 bridgehead atoms. The highest BCUT2D eigenvalue weighted by atomic mass is 32.2. The first kappa shape index (κ1) is 13.3. The van der Waals surface area contributed by atoms with E-state index in [9.17, 15) is 4.79 Å². The number of nitriles is 1. The normalized spacial score (nSPS) is 14.1. The van der Waals surface area contributed by atoms with Crippen molar-refractivity contribution in [3.8, 4) is 6.07 Å². The minimum atomic E-state index is -0.562. The van der Waals surface area contributed by atoms with Crippen molar-refractivity contribution >= 4 is 17.7 Å². The molecule has 0 saturated heterocycles. The summed E-state index contributed by atoms with van der Waals surface area (Å²) in [7, 11) is 0. The van der Waals surface area contributed by atoms with Gasteiger partial charge in [0.15, 0.2) is 0 Å². The van der Waals surface area contributed by atoms with Gasteiger partial charge in [-0.3, -0.25) is 4.79 Å². The van der Waals surface area contributed by atoms with Crippen LogP contribution < -0.4 is 5.73 Å². The second-order valence-electron chi connectivity index (χ2n) is 2.79. The summed E-state index contributed by atoms with van der Waals surface area (Å²) in [5, 5.41) is 8.45. The molecule has 0 fully saturated rings. The van der Waals surface area contributed by atoms with Gasteiger partial charge in [-0.05, 0) is 26.0 Å². The zero-order valence-electron chi connectivity index (χ0n) is 8.53. The second-order valence-corrected chi connectivity index (χ2v) is 4.24. The molecule has 0 heterocycles. The topological polar surface area (TPSA) is 76.1 Å². The lowest BCUT2D eigenvalue weighted by Crippen LogP contribution is -2.32. The van der Waals surface area contributed by atoms with Crippen molar-refractivity contribution in [2.24, 2.45) is 5.73 Å². The van der Waals surface area contributed by atoms with Crippen LogP contribution in [0.1, 0.15) is 20.3 Å². The van der Waals surface area contributed by atoms with Crippen molar-refractivity contribution in [2.75, 3.05) is 12.4 Å². The molecule has 0 aromatic carbocycles. The lowest BCUT2D eigenvalue weighted by Gasteiger charge is -2.10. The fourth-order valence-electron chi connectivity index (χ4n) is 0.776. The summed E-state index contributed by atoms with van der Waals surface area (Å²) in [4.78, 5) is 11.1. The first-order valence-corrected chi connectivity index (χ1v) is 5.60. The van der Waals surface area contributed by atoms with Gasteiger partial charge in [-0.15, -0.1) is 11.8 Å². The number of rotatable bonds is 6. The summed E-state index contributed by atoms with van der Waals surface area (Å²) in [6, 6.07) is 1.54. The van der Waals surface area contributed by atoms with E-state index in [0.717, 1.165) is 0 Å². The van der Waals surface area contributed by atoms with Crippen molar-refractivity contribution in [3.63, 3.8) is 0 Å². The summed E-state index contributed by atoms with van der Waals surface area (Å²) >= 11 is 1.49. The van der Waals surface area contributed by atoms with E-state index in [1.807, 2.05) is 6.92 Å². The van der Waals surface area contributed by atoms with Crippen LogP contribution in [-0.2, 0) is 9.53 Å². The predicted molar refractivity (Wildman–Crippen MR) is 56.8 cm³/mol. The molecule has 0 rings (SSSR count). The lowest BCUT2D eigenvalue weighted by molar-refractivity contribution is -0.144. The zero-order valence-corrected chi connectivity index (χ0v) is 9.34. The van der Waals surface area contributed by atoms with Crippen LogP contribution in [0.25, 0.3) is 0 Å². The molecule has 0 amide bonds. The molecule has 0 aliphatic heterocycles. The highest BCUT2D eigenvalue weighted by Crippen LogP contribution is 2.11. The molecular formula is C9H16N2O2S. The summed E-state index contributed by atoms with van der Waals surface area (Å²) < 4.78 is 4.75. The maximum atomic E-state index is 11.1. The molecule has 0 radical (unpaired) electrons. The molecule has 5 heteroatoms. The van der Waals surface area contributed by atoms with Crippen LogP contribution in [0.2, 0.25) is 0 Å². The van der Waals surface area contributed by atoms with Crippen LogP contribution in [0, 0.1) is 11.3 Å². The standard InChI is InChI=1S/C9H16N2O2S/c1-3-13-9(12)8(11)4-5-14-7(2)6-10/h7-8H,3-5,11H2,1-2H3. The Hall–Kier alpha value is -0.730. The molecule has 2 unspecified atom stereocenters. The van der Waals surface area contributed by atoms with E-state index in [-0.39, 0.29) is 11.2 Å². The largest absolute Gasteiger partial charge is 0.465 e. The van der Waals surface area contributed by atoms with Gasteiger partial charge in [0.2, 0.25) is 0 Å². The Morgan fingerprint density at radius 2 is 2.36 bits per heavy atom. The summed E-state index contributed by atoms with van der Waals surface area (Å²) in [6.07, 6.45) is 0.551. The van der Waals surface area contributed by atoms with Gasteiger partial charge in [-0.2, -0.15) is 5.26 Å². The van der Waals surface area contributed by atoms with E-state index >= 15 is 0 Å². The van der Waals surface area contributed by atoms with Crippen LogP contribution in [-0.4, -0.2) is 29.6 Å². The number of ether oxygens (including phenoxy) is 1.